The van der Waals surface area contributed by atoms with Crippen molar-refractivity contribution in [1.82, 2.24) is 4.31 Å². The maximum absolute atomic E-state index is 12.9. The third-order valence-corrected chi connectivity index (χ3v) is 6.69. The van der Waals surface area contributed by atoms with Crippen molar-refractivity contribution in [3.63, 3.8) is 0 Å². The van der Waals surface area contributed by atoms with Crippen molar-refractivity contribution in [3.05, 3.63) is 28.3 Å². The van der Waals surface area contributed by atoms with Crippen LogP contribution in [-0.2, 0) is 14.8 Å². The first-order valence-electron chi connectivity index (χ1n) is 9.16. The van der Waals surface area contributed by atoms with Gasteiger partial charge in [0, 0.05) is 38.4 Å². The highest BCUT2D eigenvalue weighted by atomic mass is 32.2. The van der Waals surface area contributed by atoms with Gasteiger partial charge in [-0.25, -0.2) is 8.42 Å². The van der Waals surface area contributed by atoms with E-state index >= 15 is 0 Å². The van der Waals surface area contributed by atoms with Crippen LogP contribution in [0.15, 0.2) is 23.1 Å². The predicted molar refractivity (Wildman–Crippen MR) is 99.1 cm³/mol. The summed E-state index contributed by atoms with van der Waals surface area (Å²) in [6.07, 6.45) is 3.06. The van der Waals surface area contributed by atoms with Gasteiger partial charge in [0.15, 0.2) is 0 Å². The molecule has 2 fully saturated rings. The van der Waals surface area contributed by atoms with E-state index in [1.807, 2.05) is 0 Å². The summed E-state index contributed by atoms with van der Waals surface area (Å²) in [5.41, 5.74) is -0.0413. The van der Waals surface area contributed by atoms with Crippen LogP contribution in [0.1, 0.15) is 25.7 Å². The Labute approximate surface area is 158 Å². The summed E-state index contributed by atoms with van der Waals surface area (Å²) in [7, 11) is -3.84. The van der Waals surface area contributed by atoms with E-state index in [1.165, 1.54) is 16.4 Å². The number of anilines is 1. The van der Waals surface area contributed by atoms with Crippen molar-refractivity contribution in [2.24, 2.45) is 5.92 Å². The first-order valence-corrected chi connectivity index (χ1v) is 10.6. The number of non-ortho nitro benzene ring substituents is 1. The molecule has 0 aromatic heterocycles. The summed E-state index contributed by atoms with van der Waals surface area (Å²) in [5, 5.41) is 24.0. The molecule has 1 atom stereocenters. The smallest absolute Gasteiger partial charge is 0.270 e. The van der Waals surface area contributed by atoms with Crippen molar-refractivity contribution in [3.8, 4) is 0 Å². The monoisotopic (exact) mass is 399 g/mol. The lowest BCUT2D eigenvalue weighted by Crippen LogP contribution is -2.30. The fraction of sp³-hybridized carbons (Fsp3) is 0.647. The predicted octanol–water partition coefficient (Wildman–Crippen LogP) is 1.58. The molecule has 150 valence electrons. The molecule has 0 spiro atoms. The van der Waals surface area contributed by atoms with Gasteiger partial charge in [0.2, 0.25) is 10.0 Å². The van der Waals surface area contributed by atoms with Crippen LogP contribution in [-0.4, -0.2) is 61.7 Å². The van der Waals surface area contributed by atoms with E-state index in [4.69, 9.17) is 4.74 Å². The molecule has 2 N–H and O–H groups in total. The Morgan fingerprint density at radius 3 is 2.67 bits per heavy atom. The number of nitrogens with one attached hydrogen (secondary N) is 1. The zero-order chi connectivity index (χ0) is 19.4. The second-order valence-corrected chi connectivity index (χ2v) is 8.97. The molecule has 0 amide bonds. The highest BCUT2D eigenvalue weighted by molar-refractivity contribution is 7.89. The highest BCUT2D eigenvalue weighted by Crippen LogP contribution is 2.31. The third-order valence-electron chi connectivity index (χ3n) is 4.75. The molecule has 9 nitrogen and oxygen atoms in total. The SMILES string of the molecule is O=[N+]([O-])c1ccc(NC[C@@H](O)COCC2CC2)c(S(=O)(=O)N2CCCC2)c1. The van der Waals surface area contributed by atoms with Crippen molar-refractivity contribution in [1.29, 1.82) is 0 Å². The summed E-state index contributed by atoms with van der Waals surface area (Å²) in [6, 6.07) is 3.70. The van der Waals surface area contributed by atoms with Crippen LogP contribution in [0.2, 0.25) is 0 Å². The number of hydrogen-bond donors (Lipinski definition) is 2. The van der Waals surface area contributed by atoms with Gasteiger partial charge in [0.05, 0.1) is 23.3 Å². The number of benzene rings is 1. The maximum atomic E-state index is 12.9. The van der Waals surface area contributed by atoms with E-state index in [9.17, 15) is 23.6 Å². The first kappa shape index (κ1) is 20.0. The third kappa shape index (κ3) is 5.16. The summed E-state index contributed by atoms with van der Waals surface area (Å²) in [4.78, 5) is 10.3. The van der Waals surface area contributed by atoms with Crippen molar-refractivity contribution in [2.45, 2.75) is 36.7 Å². The van der Waals surface area contributed by atoms with Crippen LogP contribution in [0, 0.1) is 16.0 Å². The molecule has 1 saturated carbocycles. The molecule has 10 heteroatoms. The van der Waals surface area contributed by atoms with Gasteiger partial charge >= 0.3 is 0 Å². The molecule has 1 saturated heterocycles. The van der Waals surface area contributed by atoms with Crippen LogP contribution in [0.5, 0.6) is 0 Å². The second kappa shape index (κ2) is 8.51. The molecule has 1 aliphatic heterocycles. The fourth-order valence-corrected chi connectivity index (χ4v) is 4.70. The van der Waals surface area contributed by atoms with Crippen molar-refractivity contribution < 1.29 is 23.2 Å². The number of aliphatic hydroxyl groups excluding tert-OH is 1. The fourth-order valence-electron chi connectivity index (χ4n) is 2.99. The number of nitro benzene ring substituents is 1. The minimum Gasteiger partial charge on any atom is -0.389 e. The summed E-state index contributed by atoms with van der Waals surface area (Å²) in [6.45, 7) is 1.68. The Morgan fingerprint density at radius 1 is 1.33 bits per heavy atom. The lowest BCUT2D eigenvalue weighted by atomic mass is 10.2. The van der Waals surface area contributed by atoms with Crippen LogP contribution in [0.4, 0.5) is 11.4 Å². The quantitative estimate of drug-likeness (QED) is 0.452. The number of hydrogen-bond acceptors (Lipinski definition) is 7. The number of sulfonamides is 1. The highest BCUT2D eigenvalue weighted by Gasteiger charge is 2.31. The second-order valence-electron chi connectivity index (χ2n) is 7.06. The largest absolute Gasteiger partial charge is 0.389 e. The summed E-state index contributed by atoms with van der Waals surface area (Å²) < 4.78 is 32.6. The average molecular weight is 399 g/mol. The molecule has 1 heterocycles. The maximum Gasteiger partial charge on any atom is 0.270 e. The average Bonchev–Trinajstić information content (AvgIpc) is 3.28. The van der Waals surface area contributed by atoms with E-state index in [0.29, 0.717) is 25.6 Å². The Kier molecular flexibility index (Phi) is 6.30. The molecule has 1 aliphatic carbocycles. The van der Waals surface area contributed by atoms with Gasteiger partial charge in [-0.2, -0.15) is 4.31 Å². The number of rotatable bonds is 10. The molecule has 3 rings (SSSR count). The molecule has 0 radical (unpaired) electrons. The number of nitro groups is 1. The van der Waals surface area contributed by atoms with Crippen molar-refractivity contribution in [2.75, 3.05) is 38.2 Å². The van der Waals surface area contributed by atoms with Crippen LogP contribution < -0.4 is 5.32 Å². The van der Waals surface area contributed by atoms with E-state index in [1.54, 1.807) is 0 Å². The summed E-state index contributed by atoms with van der Waals surface area (Å²) in [5.74, 6) is 0.594. The molecular formula is C17H25N3O6S. The summed E-state index contributed by atoms with van der Waals surface area (Å²) >= 11 is 0. The van der Waals surface area contributed by atoms with Crippen molar-refractivity contribution >= 4 is 21.4 Å². The number of ether oxygens (including phenoxy) is 1. The Bertz CT molecular complexity index is 775. The standard InChI is InChI=1S/C17H25N3O6S/c21-15(12-26-11-13-3-4-13)10-18-16-6-5-14(20(22)23)9-17(16)27(24,25)19-7-1-2-8-19/h5-6,9,13,15,18,21H,1-4,7-8,10-12H2/t15-/m1/s1. The van der Waals surface area contributed by atoms with E-state index in [2.05, 4.69) is 5.32 Å². The minimum absolute atomic E-state index is 0.0883. The molecule has 1 aromatic carbocycles. The molecular weight excluding hydrogens is 374 g/mol. The Morgan fingerprint density at radius 2 is 2.04 bits per heavy atom. The lowest BCUT2D eigenvalue weighted by molar-refractivity contribution is -0.385. The molecule has 2 aliphatic rings. The first-order chi connectivity index (χ1) is 12.9. The van der Waals surface area contributed by atoms with Gasteiger partial charge in [-0.05, 0) is 37.7 Å². The molecule has 0 bridgehead atoms. The van der Waals surface area contributed by atoms with Gasteiger partial charge < -0.3 is 15.2 Å². The topological polar surface area (TPSA) is 122 Å². The zero-order valence-electron chi connectivity index (χ0n) is 15.0. The van der Waals surface area contributed by atoms with Gasteiger partial charge in [-0.15, -0.1) is 0 Å². The number of nitrogens with zero attached hydrogens (tertiary/aromatic N) is 2. The van der Waals surface area contributed by atoms with Gasteiger partial charge in [-0.3, -0.25) is 10.1 Å². The minimum atomic E-state index is -3.84. The van der Waals surface area contributed by atoms with Gasteiger partial charge in [0.25, 0.3) is 5.69 Å². The Balaban J connectivity index is 1.71. The molecule has 0 unspecified atom stereocenters. The van der Waals surface area contributed by atoms with E-state index in [0.717, 1.165) is 31.7 Å². The normalized spacial score (nSPS) is 19.1. The van der Waals surface area contributed by atoms with Crippen LogP contribution in [0.3, 0.4) is 0 Å². The van der Waals surface area contributed by atoms with Gasteiger partial charge in [-0.1, -0.05) is 0 Å². The molecule has 27 heavy (non-hydrogen) atoms. The Hall–Kier alpha value is -1.75. The van der Waals surface area contributed by atoms with E-state index in [-0.39, 0.29) is 29.4 Å². The van der Waals surface area contributed by atoms with E-state index < -0.39 is 21.1 Å². The molecule has 1 aromatic rings. The van der Waals surface area contributed by atoms with Crippen LogP contribution >= 0.6 is 0 Å². The zero-order valence-corrected chi connectivity index (χ0v) is 15.9. The van der Waals surface area contributed by atoms with Crippen LogP contribution in [0.25, 0.3) is 0 Å². The van der Waals surface area contributed by atoms with Gasteiger partial charge in [0.1, 0.15) is 4.90 Å². The number of aliphatic hydroxyl groups is 1. The lowest BCUT2D eigenvalue weighted by Gasteiger charge is -2.20.